The molecular formula is C17H24FNO2. The average Bonchev–Trinajstić information content (AvgIpc) is 2.83. The van der Waals surface area contributed by atoms with Crippen LogP contribution in [0.25, 0.3) is 0 Å². The van der Waals surface area contributed by atoms with Crippen molar-refractivity contribution < 1.29 is 13.9 Å². The van der Waals surface area contributed by atoms with Crippen LogP contribution < -0.4 is 10.1 Å². The summed E-state index contributed by atoms with van der Waals surface area (Å²) in [4.78, 5) is 0. The highest BCUT2D eigenvalue weighted by atomic mass is 19.1. The van der Waals surface area contributed by atoms with Crippen LogP contribution in [0, 0.1) is 11.2 Å². The summed E-state index contributed by atoms with van der Waals surface area (Å²) in [5.74, 6) is 0.633. The molecule has 1 aliphatic carbocycles. The summed E-state index contributed by atoms with van der Waals surface area (Å²) in [5.41, 5.74) is 1.13. The summed E-state index contributed by atoms with van der Waals surface area (Å²) in [7, 11) is 0. The molecule has 3 atom stereocenters. The fourth-order valence-corrected chi connectivity index (χ4v) is 3.39. The fourth-order valence-electron chi connectivity index (χ4n) is 3.39. The maximum Gasteiger partial charge on any atom is 0.123 e. The molecule has 2 aliphatic rings. The van der Waals surface area contributed by atoms with Gasteiger partial charge in [-0.2, -0.15) is 0 Å². The number of fused-ring (bicyclic) bond motifs is 1. The molecular weight excluding hydrogens is 269 g/mol. The zero-order valence-corrected chi connectivity index (χ0v) is 13.0. The van der Waals surface area contributed by atoms with Crippen molar-refractivity contribution in [3.05, 3.63) is 29.6 Å². The van der Waals surface area contributed by atoms with Crippen molar-refractivity contribution in [3.63, 3.8) is 0 Å². The molecule has 0 spiro atoms. The molecule has 3 rings (SSSR count). The lowest BCUT2D eigenvalue weighted by Crippen LogP contribution is -2.61. The highest BCUT2D eigenvalue weighted by molar-refractivity contribution is 5.37. The number of benzene rings is 1. The van der Waals surface area contributed by atoms with Crippen LogP contribution in [-0.2, 0) is 11.2 Å². The summed E-state index contributed by atoms with van der Waals surface area (Å²) < 4.78 is 24.8. The summed E-state index contributed by atoms with van der Waals surface area (Å²) in [5, 5.41) is 3.59. The van der Waals surface area contributed by atoms with E-state index in [1.54, 1.807) is 12.1 Å². The van der Waals surface area contributed by atoms with Crippen molar-refractivity contribution in [3.8, 4) is 5.75 Å². The van der Waals surface area contributed by atoms with Crippen LogP contribution in [-0.4, -0.2) is 31.4 Å². The molecule has 1 aromatic carbocycles. The molecule has 4 heteroatoms. The van der Waals surface area contributed by atoms with Crippen molar-refractivity contribution in [2.75, 3.05) is 13.2 Å². The first-order valence-corrected chi connectivity index (χ1v) is 7.80. The lowest BCUT2D eigenvalue weighted by molar-refractivity contribution is -0.115. The van der Waals surface area contributed by atoms with Crippen LogP contribution in [0.4, 0.5) is 4.39 Å². The van der Waals surface area contributed by atoms with Crippen molar-refractivity contribution in [1.82, 2.24) is 5.32 Å². The maximum atomic E-state index is 13.2. The van der Waals surface area contributed by atoms with Gasteiger partial charge in [0, 0.05) is 36.6 Å². The number of ether oxygens (including phenoxy) is 2. The van der Waals surface area contributed by atoms with Crippen molar-refractivity contribution in [1.29, 1.82) is 0 Å². The van der Waals surface area contributed by atoms with E-state index in [9.17, 15) is 4.39 Å². The minimum absolute atomic E-state index is 0.101. The summed E-state index contributed by atoms with van der Waals surface area (Å²) in [6.07, 6.45) is 2.27. The van der Waals surface area contributed by atoms with Crippen molar-refractivity contribution >= 4 is 0 Å². The second kappa shape index (κ2) is 5.58. The molecule has 1 heterocycles. The van der Waals surface area contributed by atoms with E-state index >= 15 is 0 Å². The smallest absolute Gasteiger partial charge is 0.123 e. The lowest BCUT2D eigenvalue weighted by atomic mass is 9.64. The number of halogens is 1. The average molecular weight is 293 g/mol. The molecule has 21 heavy (non-hydrogen) atoms. The van der Waals surface area contributed by atoms with Gasteiger partial charge >= 0.3 is 0 Å². The van der Waals surface area contributed by atoms with E-state index in [1.165, 1.54) is 6.07 Å². The third-order valence-corrected chi connectivity index (χ3v) is 4.90. The van der Waals surface area contributed by atoms with E-state index in [1.807, 2.05) is 6.92 Å². The Kier molecular flexibility index (Phi) is 3.93. The van der Waals surface area contributed by atoms with Crippen LogP contribution in [0.15, 0.2) is 18.2 Å². The van der Waals surface area contributed by atoms with E-state index in [2.05, 4.69) is 19.2 Å². The van der Waals surface area contributed by atoms with Gasteiger partial charge in [0.15, 0.2) is 0 Å². The minimum atomic E-state index is -0.189. The molecule has 116 valence electrons. The van der Waals surface area contributed by atoms with Gasteiger partial charge in [-0.15, -0.1) is 0 Å². The Labute approximate surface area is 125 Å². The number of nitrogens with one attached hydrogen (secondary N) is 1. The first kappa shape index (κ1) is 14.8. The second-order valence-electron chi connectivity index (χ2n) is 6.66. The normalized spacial score (nSPS) is 29.6. The molecule has 0 bridgehead atoms. The molecule has 1 fully saturated rings. The highest BCUT2D eigenvalue weighted by Crippen LogP contribution is 2.42. The first-order chi connectivity index (χ1) is 10.0. The van der Waals surface area contributed by atoms with Gasteiger partial charge in [0.05, 0.1) is 6.10 Å². The lowest BCUT2D eigenvalue weighted by Gasteiger charge is -2.52. The van der Waals surface area contributed by atoms with Crippen LogP contribution in [0.5, 0.6) is 5.75 Å². The van der Waals surface area contributed by atoms with Gasteiger partial charge in [-0.1, -0.05) is 13.8 Å². The quantitative estimate of drug-likeness (QED) is 0.905. The van der Waals surface area contributed by atoms with Crippen LogP contribution in [0.3, 0.4) is 0 Å². The van der Waals surface area contributed by atoms with Crippen LogP contribution in [0.1, 0.15) is 32.8 Å². The molecule has 0 radical (unpaired) electrons. The molecule has 1 aliphatic heterocycles. The zero-order chi connectivity index (χ0) is 15.0. The van der Waals surface area contributed by atoms with E-state index in [-0.39, 0.29) is 17.3 Å². The molecule has 0 saturated heterocycles. The molecule has 3 unspecified atom stereocenters. The molecule has 1 N–H and O–H groups in total. The first-order valence-electron chi connectivity index (χ1n) is 7.80. The van der Waals surface area contributed by atoms with Gasteiger partial charge in [-0.05, 0) is 31.5 Å². The van der Waals surface area contributed by atoms with Gasteiger partial charge in [-0.25, -0.2) is 4.39 Å². The Morgan fingerprint density at radius 1 is 1.43 bits per heavy atom. The van der Waals surface area contributed by atoms with Gasteiger partial charge < -0.3 is 14.8 Å². The highest BCUT2D eigenvalue weighted by Gasteiger charge is 2.48. The Bertz CT molecular complexity index is 518. The summed E-state index contributed by atoms with van der Waals surface area (Å²) in [6.45, 7) is 8.10. The number of hydrogen-bond donors (Lipinski definition) is 1. The van der Waals surface area contributed by atoms with Crippen molar-refractivity contribution in [2.24, 2.45) is 5.41 Å². The van der Waals surface area contributed by atoms with E-state index in [0.29, 0.717) is 12.1 Å². The Morgan fingerprint density at radius 2 is 2.24 bits per heavy atom. The Balaban J connectivity index is 1.50. The third-order valence-electron chi connectivity index (χ3n) is 4.90. The maximum absolute atomic E-state index is 13.2. The minimum Gasteiger partial charge on any atom is -0.488 e. The summed E-state index contributed by atoms with van der Waals surface area (Å²) in [6, 6.07) is 5.21. The predicted molar refractivity (Wildman–Crippen MR) is 80.1 cm³/mol. The van der Waals surface area contributed by atoms with Crippen LogP contribution in [0.2, 0.25) is 0 Å². The van der Waals surface area contributed by atoms with E-state index in [0.717, 1.165) is 37.3 Å². The molecule has 0 amide bonds. The zero-order valence-electron chi connectivity index (χ0n) is 13.0. The summed E-state index contributed by atoms with van der Waals surface area (Å²) >= 11 is 0. The second-order valence-corrected chi connectivity index (χ2v) is 6.66. The Morgan fingerprint density at radius 3 is 2.95 bits per heavy atom. The number of rotatable bonds is 5. The topological polar surface area (TPSA) is 30.5 Å². The van der Waals surface area contributed by atoms with Gasteiger partial charge in [0.2, 0.25) is 0 Å². The van der Waals surface area contributed by atoms with E-state index < -0.39 is 0 Å². The SMILES string of the molecule is CCOC1CC(NCC2Cc3cc(F)ccc3O2)C1(C)C. The van der Waals surface area contributed by atoms with Gasteiger partial charge in [0.1, 0.15) is 17.7 Å². The monoisotopic (exact) mass is 293 g/mol. The third kappa shape index (κ3) is 2.79. The van der Waals surface area contributed by atoms with E-state index in [4.69, 9.17) is 9.47 Å². The standard InChI is InChI=1S/C17H24FNO2/c1-4-20-16-9-15(17(16,2)3)19-10-13-8-11-7-12(18)5-6-14(11)21-13/h5-7,13,15-16,19H,4,8-10H2,1-3H3. The van der Waals surface area contributed by atoms with Gasteiger partial charge in [-0.3, -0.25) is 0 Å². The van der Waals surface area contributed by atoms with Crippen LogP contribution >= 0.6 is 0 Å². The predicted octanol–water partition coefficient (Wildman–Crippen LogP) is 2.92. The molecule has 3 nitrogen and oxygen atoms in total. The Hall–Kier alpha value is -1.13. The van der Waals surface area contributed by atoms with Crippen molar-refractivity contribution in [2.45, 2.75) is 51.9 Å². The number of hydrogen-bond acceptors (Lipinski definition) is 3. The van der Waals surface area contributed by atoms with Gasteiger partial charge in [0.25, 0.3) is 0 Å². The molecule has 0 aromatic heterocycles. The molecule has 1 saturated carbocycles. The fraction of sp³-hybridized carbons (Fsp3) is 0.647. The largest absolute Gasteiger partial charge is 0.488 e. The molecule has 1 aromatic rings.